The summed E-state index contributed by atoms with van der Waals surface area (Å²) in [5, 5.41) is 3.08. The molecule has 13 rings (SSSR count). The van der Waals surface area contributed by atoms with Gasteiger partial charge in [-0.1, -0.05) is 200 Å². The fourth-order valence-corrected chi connectivity index (χ4v) is 10.3. The first kappa shape index (κ1) is 36.2. The Bertz CT molecular complexity index is 3590. The molecule has 2 aromatic heterocycles. The molecule has 298 valence electrons. The Kier molecular flexibility index (Phi) is 8.09. The van der Waals surface area contributed by atoms with Crippen molar-refractivity contribution in [2.75, 3.05) is 0 Å². The lowest BCUT2D eigenvalue weighted by atomic mass is 9.65. The van der Waals surface area contributed by atoms with Crippen LogP contribution in [0.25, 0.3) is 89.1 Å². The number of nitrogens with zero attached hydrogens (tertiary/aromatic N) is 3. The predicted molar refractivity (Wildman–Crippen MR) is 259 cm³/mol. The van der Waals surface area contributed by atoms with E-state index in [0.717, 1.165) is 94.8 Å². The van der Waals surface area contributed by atoms with Crippen LogP contribution in [0, 0.1) is 0 Å². The molecular formula is C60H37N3O. The standard InChI is InChI=1S/C60H37N3O/c1-4-17-38(18-5-1)41-23-16-24-42(35-41)52-37-53(63-59(62-52)40-21-8-3-9-22-40)43-31-32-46-54(36-43)61-57(39-19-6-2-7-20-39)47-33-34-51-58(56(46)47)64-55-30-15-14-29-50(55)60(51)48-27-12-10-25-44(48)45-26-11-13-28-49(45)60/h1-37H. The zero-order valence-corrected chi connectivity index (χ0v) is 34.6. The van der Waals surface area contributed by atoms with Crippen LogP contribution in [0.3, 0.4) is 0 Å². The van der Waals surface area contributed by atoms with Crippen LogP contribution >= 0.6 is 0 Å². The Morgan fingerprint density at radius 2 is 0.891 bits per heavy atom. The molecule has 1 aliphatic carbocycles. The summed E-state index contributed by atoms with van der Waals surface area (Å²) in [4.78, 5) is 16.0. The highest BCUT2D eigenvalue weighted by molar-refractivity contribution is 6.15. The Hall–Kier alpha value is -8.47. The van der Waals surface area contributed by atoms with E-state index in [-0.39, 0.29) is 0 Å². The quantitative estimate of drug-likeness (QED) is 0.162. The minimum atomic E-state index is -0.586. The second-order valence-corrected chi connectivity index (χ2v) is 16.6. The predicted octanol–water partition coefficient (Wildman–Crippen LogP) is 15.0. The monoisotopic (exact) mass is 815 g/mol. The Morgan fingerprint density at radius 1 is 0.344 bits per heavy atom. The van der Waals surface area contributed by atoms with Crippen LogP contribution in [0.2, 0.25) is 0 Å². The van der Waals surface area contributed by atoms with Gasteiger partial charge in [-0.3, -0.25) is 0 Å². The van der Waals surface area contributed by atoms with Crippen molar-refractivity contribution < 1.29 is 4.74 Å². The number of ether oxygens (including phenoxy) is 1. The van der Waals surface area contributed by atoms with Gasteiger partial charge in [0.25, 0.3) is 0 Å². The van der Waals surface area contributed by atoms with Gasteiger partial charge in [0.15, 0.2) is 5.82 Å². The van der Waals surface area contributed by atoms with Crippen LogP contribution in [0.15, 0.2) is 224 Å². The highest BCUT2D eigenvalue weighted by atomic mass is 16.5. The number of fused-ring (bicyclic) bond motifs is 13. The van der Waals surface area contributed by atoms with Gasteiger partial charge in [0.1, 0.15) is 11.5 Å². The van der Waals surface area contributed by atoms with E-state index in [1.165, 1.54) is 22.3 Å². The van der Waals surface area contributed by atoms with Gasteiger partial charge in [0.2, 0.25) is 0 Å². The van der Waals surface area contributed by atoms with Crippen molar-refractivity contribution in [3.05, 3.63) is 247 Å². The lowest BCUT2D eigenvalue weighted by Gasteiger charge is -2.40. The molecule has 0 atom stereocenters. The number of rotatable bonds is 5. The fraction of sp³-hybridized carbons (Fsp3) is 0.0167. The van der Waals surface area contributed by atoms with Gasteiger partial charge < -0.3 is 4.74 Å². The molecular weight excluding hydrogens is 779 g/mol. The van der Waals surface area contributed by atoms with Crippen molar-refractivity contribution in [2.45, 2.75) is 5.41 Å². The second kappa shape index (κ2) is 14.3. The summed E-state index contributed by atoms with van der Waals surface area (Å²) in [6, 6.07) is 79.4. The highest BCUT2D eigenvalue weighted by Crippen LogP contribution is 2.63. The van der Waals surface area contributed by atoms with E-state index < -0.39 is 5.41 Å². The lowest BCUT2D eigenvalue weighted by Crippen LogP contribution is -2.32. The molecule has 0 saturated heterocycles. The smallest absolute Gasteiger partial charge is 0.160 e. The summed E-state index contributed by atoms with van der Waals surface area (Å²) in [7, 11) is 0. The molecule has 0 unspecified atom stereocenters. The number of hydrogen-bond donors (Lipinski definition) is 0. The second-order valence-electron chi connectivity index (χ2n) is 16.6. The largest absolute Gasteiger partial charge is 0.456 e. The molecule has 0 saturated carbocycles. The third-order valence-corrected chi connectivity index (χ3v) is 13.1. The SMILES string of the molecule is c1ccc(-c2cccc(-c3cc(-c4ccc5c(c4)nc(-c4ccccc4)c4ccc6c(c45)Oc4ccccc4C64c5ccccc5-c5ccccc54)nc(-c4ccccc4)n3)c2)cc1. The molecule has 3 heterocycles. The van der Waals surface area contributed by atoms with Crippen molar-refractivity contribution in [3.63, 3.8) is 0 Å². The number of hydrogen-bond acceptors (Lipinski definition) is 4. The molecule has 9 aromatic carbocycles. The number of para-hydroxylation sites is 1. The zero-order chi connectivity index (χ0) is 42.2. The fourth-order valence-electron chi connectivity index (χ4n) is 10.3. The van der Waals surface area contributed by atoms with E-state index in [1.807, 2.05) is 24.3 Å². The van der Waals surface area contributed by atoms with Crippen LogP contribution in [0.4, 0.5) is 0 Å². The molecule has 1 spiro atoms. The average molecular weight is 816 g/mol. The van der Waals surface area contributed by atoms with Crippen LogP contribution < -0.4 is 4.74 Å². The lowest BCUT2D eigenvalue weighted by molar-refractivity contribution is 0.442. The van der Waals surface area contributed by atoms with E-state index in [4.69, 9.17) is 19.7 Å². The normalized spacial score (nSPS) is 12.9. The van der Waals surface area contributed by atoms with Crippen molar-refractivity contribution in [3.8, 4) is 78.9 Å². The summed E-state index contributed by atoms with van der Waals surface area (Å²) in [6.07, 6.45) is 0. The van der Waals surface area contributed by atoms with E-state index in [9.17, 15) is 0 Å². The van der Waals surface area contributed by atoms with E-state index in [0.29, 0.717) is 5.82 Å². The minimum absolute atomic E-state index is 0.586. The van der Waals surface area contributed by atoms with Gasteiger partial charge in [-0.2, -0.15) is 0 Å². The summed E-state index contributed by atoms with van der Waals surface area (Å²) in [5.41, 5.74) is 16.4. The van der Waals surface area contributed by atoms with Crippen molar-refractivity contribution in [1.29, 1.82) is 0 Å². The Balaban J connectivity index is 1.07. The van der Waals surface area contributed by atoms with Gasteiger partial charge in [0.05, 0.1) is 28.0 Å². The zero-order valence-electron chi connectivity index (χ0n) is 34.6. The third kappa shape index (κ3) is 5.46. The van der Waals surface area contributed by atoms with E-state index in [1.54, 1.807) is 0 Å². The highest BCUT2D eigenvalue weighted by Gasteiger charge is 2.51. The first-order valence-corrected chi connectivity index (χ1v) is 21.8. The van der Waals surface area contributed by atoms with Gasteiger partial charge in [-0.05, 0) is 57.6 Å². The third-order valence-electron chi connectivity index (χ3n) is 13.1. The summed E-state index contributed by atoms with van der Waals surface area (Å²) in [6.45, 7) is 0. The van der Waals surface area contributed by atoms with Crippen LogP contribution in [0.5, 0.6) is 11.5 Å². The molecule has 0 N–H and O–H groups in total. The molecule has 11 aromatic rings. The molecule has 64 heavy (non-hydrogen) atoms. The van der Waals surface area contributed by atoms with Crippen LogP contribution in [-0.4, -0.2) is 15.0 Å². The number of aromatic nitrogens is 3. The van der Waals surface area contributed by atoms with Crippen LogP contribution in [-0.2, 0) is 5.41 Å². The van der Waals surface area contributed by atoms with Crippen molar-refractivity contribution in [1.82, 2.24) is 15.0 Å². The van der Waals surface area contributed by atoms with Crippen molar-refractivity contribution in [2.24, 2.45) is 0 Å². The molecule has 0 amide bonds. The van der Waals surface area contributed by atoms with Gasteiger partial charge in [-0.15, -0.1) is 0 Å². The average Bonchev–Trinajstić information content (AvgIpc) is 3.67. The summed E-state index contributed by atoms with van der Waals surface area (Å²) >= 11 is 0. The molecule has 0 fully saturated rings. The molecule has 1 aliphatic heterocycles. The maximum atomic E-state index is 7.24. The molecule has 4 nitrogen and oxygen atoms in total. The first-order chi connectivity index (χ1) is 31.7. The van der Waals surface area contributed by atoms with E-state index >= 15 is 0 Å². The topological polar surface area (TPSA) is 47.9 Å². The summed E-state index contributed by atoms with van der Waals surface area (Å²) in [5.74, 6) is 2.38. The maximum absolute atomic E-state index is 7.24. The van der Waals surface area contributed by atoms with Crippen LogP contribution in [0.1, 0.15) is 22.3 Å². The van der Waals surface area contributed by atoms with Gasteiger partial charge >= 0.3 is 0 Å². The van der Waals surface area contributed by atoms with Gasteiger partial charge in [-0.25, -0.2) is 15.0 Å². The first-order valence-electron chi connectivity index (χ1n) is 21.8. The molecule has 0 bridgehead atoms. The molecule has 2 aliphatic rings. The maximum Gasteiger partial charge on any atom is 0.160 e. The minimum Gasteiger partial charge on any atom is -0.456 e. The number of benzene rings is 9. The summed E-state index contributed by atoms with van der Waals surface area (Å²) < 4.78 is 7.24. The molecule has 0 radical (unpaired) electrons. The van der Waals surface area contributed by atoms with Gasteiger partial charge in [0, 0.05) is 49.5 Å². The molecule has 4 heteroatoms. The van der Waals surface area contributed by atoms with Crippen molar-refractivity contribution >= 4 is 21.7 Å². The van der Waals surface area contributed by atoms with E-state index in [2.05, 4.69) is 200 Å². The Labute approximate surface area is 370 Å². The Morgan fingerprint density at radius 3 is 1.59 bits per heavy atom. The number of pyridine rings is 1.